The van der Waals surface area contributed by atoms with Crippen molar-refractivity contribution in [2.75, 3.05) is 0 Å². The average Bonchev–Trinajstić information content (AvgIpc) is 2.37. The Bertz CT molecular complexity index is 367. The van der Waals surface area contributed by atoms with Crippen molar-refractivity contribution in [1.82, 2.24) is 15.3 Å². The Kier molecular flexibility index (Phi) is 4.16. The third kappa shape index (κ3) is 3.66. The lowest BCUT2D eigenvalue weighted by molar-refractivity contribution is -0.183. The fourth-order valence-electron chi connectivity index (χ4n) is 2.36. The minimum Gasteiger partial charge on any atom is -0.310 e. The predicted octanol–water partition coefficient (Wildman–Crippen LogP) is 2.69. The van der Waals surface area contributed by atoms with E-state index in [4.69, 9.17) is 0 Å². The third-order valence-corrected chi connectivity index (χ3v) is 3.35. The summed E-state index contributed by atoms with van der Waals surface area (Å²) in [4.78, 5) is 7.74. The summed E-state index contributed by atoms with van der Waals surface area (Å²) in [6.07, 6.45) is 2.59. The van der Waals surface area contributed by atoms with Gasteiger partial charge in [0.05, 0.1) is 5.92 Å². The van der Waals surface area contributed by atoms with Gasteiger partial charge in [0.2, 0.25) is 0 Å². The fourth-order valence-corrected chi connectivity index (χ4v) is 2.36. The highest BCUT2D eigenvalue weighted by Crippen LogP contribution is 2.37. The number of hydrogen-bond acceptors (Lipinski definition) is 3. The van der Waals surface area contributed by atoms with Gasteiger partial charge in [-0.15, -0.1) is 0 Å². The first-order chi connectivity index (χ1) is 8.55. The molecule has 1 N–H and O–H groups in total. The normalized spacial score (nSPS) is 25.1. The van der Waals surface area contributed by atoms with Crippen molar-refractivity contribution in [1.29, 1.82) is 0 Å². The van der Waals surface area contributed by atoms with Crippen LogP contribution in [-0.2, 0) is 6.54 Å². The first-order valence-electron chi connectivity index (χ1n) is 6.09. The molecule has 6 heteroatoms. The molecule has 18 heavy (non-hydrogen) atoms. The van der Waals surface area contributed by atoms with Gasteiger partial charge in [-0.25, -0.2) is 9.97 Å². The second-order valence-corrected chi connectivity index (χ2v) is 4.73. The molecule has 1 aliphatic carbocycles. The van der Waals surface area contributed by atoms with Crippen LogP contribution in [0.25, 0.3) is 0 Å². The van der Waals surface area contributed by atoms with Crippen LogP contribution < -0.4 is 5.32 Å². The van der Waals surface area contributed by atoms with E-state index in [1.165, 1.54) is 6.33 Å². The molecule has 2 rings (SSSR count). The lowest BCUT2D eigenvalue weighted by Gasteiger charge is -2.31. The number of aromatic nitrogens is 2. The summed E-state index contributed by atoms with van der Waals surface area (Å²) in [5, 5.41) is 3.16. The van der Waals surface area contributed by atoms with Crippen LogP contribution in [0.15, 0.2) is 18.7 Å². The Labute approximate surface area is 104 Å². The molecular weight excluding hydrogens is 243 g/mol. The largest absolute Gasteiger partial charge is 0.391 e. The number of nitrogens with one attached hydrogen (secondary N) is 1. The molecule has 0 aromatic carbocycles. The SMILES string of the molecule is FC(F)(F)C1CCCC(NCc2cncnc2)C1. The maximum atomic E-state index is 12.6. The molecule has 1 aliphatic rings. The second kappa shape index (κ2) is 5.65. The zero-order valence-electron chi connectivity index (χ0n) is 9.95. The standard InChI is InChI=1S/C12H16F3N3/c13-12(14,15)10-2-1-3-11(4-10)18-7-9-5-16-8-17-6-9/h5-6,8,10-11,18H,1-4,7H2. The van der Waals surface area contributed by atoms with E-state index in [9.17, 15) is 13.2 Å². The van der Waals surface area contributed by atoms with E-state index in [-0.39, 0.29) is 18.9 Å². The predicted molar refractivity (Wildman–Crippen MR) is 60.7 cm³/mol. The molecule has 1 heterocycles. The quantitative estimate of drug-likeness (QED) is 0.907. The van der Waals surface area contributed by atoms with Crippen LogP contribution >= 0.6 is 0 Å². The van der Waals surface area contributed by atoms with Crippen LogP contribution in [0, 0.1) is 5.92 Å². The van der Waals surface area contributed by atoms with E-state index >= 15 is 0 Å². The Morgan fingerprint density at radius 1 is 1.22 bits per heavy atom. The van der Waals surface area contributed by atoms with Gasteiger partial charge in [0, 0.05) is 30.5 Å². The fraction of sp³-hybridized carbons (Fsp3) is 0.667. The molecule has 1 fully saturated rings. The van der Waals surface area contributed by atoms with Crippen molar-refractivity contribution in [2.24, 2.45) is 5.92 Å². The smallest absolute Gasteiger partial charge is 0.310 e. The Morgan fingerprint density at radius 2 is 1.94 bits per heavy atom. The highest BCUT2D eigenvalue weighted by molar-refractivity contribution is 5.02. The minimum atomic E-state index is -4.06. The maximum absolute atomic E-state index is 12.6. The van der Waals surface area contributed by atoms with E-state index in [0.29, 0.717) is 13.0 Å². The lowest BCUT2D eigenvalue weighted by Crippen LogP contribution is -2.38. The van der Waals surface area contributed by atoms with Gasteiger partial charge in [0.25, 0.3) is 0 Å². The number of nitrogens with zero attached hydrogens (tertiary/aromatic N) is 2. The van der Waals surface area contributed by atoms with Gasteiger partial charge in [0.15, 0.2) is 0 Å². The highest BCUT2D eigenvalue weighted by Gasteiger charge is 2.41. The number of halogens is 3. The number of hydrogen-bond donors (Lipinski definition) is 1. The molecule has 0 bridgehead atoms. The molecule has 0 spiro atoms. The van der Waals surface area contributed by atoms with Gasteiger partial charge in [-0.1, -0.05) is 6.42 Å². The zero-order chi connectivity index (χ0) is 13.0. The van der Waals surface area contributed by atoms with Gasteiger partial charge in [-0.05, 0) is 19.3 Å². The van der Waals surface area contributed by atoms with Crippen molar-refractivity contribution >= 4 is 0 Å². The molecule has 0 saturated heterocycles. The monoisotopic (exact) mass is 259 g/mol. The van der Waals surface area contributed by atoms with E-state index in [2.05, 4.69) is 15.3 Å². The van der Waals surface area contributed by atoms with Crippen LogP contribution in [0.2, 0.25) is 0 Å². The summed E-state index contributed by atoms with van der Waals surface area (Å²) >= 11 is 0. The Balaban J connectivity index is 1.83. The molecule has 3 nitrogen and oxygen atoms in total. The summed E-state index contributed by atoms with van der Waals surface area (Å²) in [5.74, 6) is -1.16. The molecule has 0 amide bonds. The molecule has 0 aliphatic heterocycles. The van der Waals surface area contributed by atoms with Crippen molar-refractivity contribution in [3.05, 3.63) is 24.3 Å². The van der Waals surface area contributed by atoms with Crippen molar-refractivity contribution < 1.29 is 13.2 Å². The van der Waals surface area contributed by atoms with E-state index in [1.54, 1.807) is 12.4 Å². The summed E-state index contributed by atoms with van der Waals surface area (Å²) in [6.45, 7) is 0.524. The molecule has 2 atom stereocenters. The molecule has 100 valence electrons. The van der Waals surface area contributed by atoms with E-state index in [0.717, 1.165) is 12.0 Å². The Morgan fingerprint density at radius 3 is 2.61 bits per heavy atom. The van der Waals surface area contributed by atoms with Crippen LogP contribution in [-0.4, -0.2) is 22.2 Å². The van der Waals surface area contributed by atoms with Crippen LogP contribution in [0.4, 0.5) is 13.2 Å². The highest BCUT2D eigenvalue weighted by atomic mass is 19.4. The van der Waals surface area contributed by atoms with Gasteiger partial charge in [-0.2, -0.15) is 13.2 Å². The minimum absolute atomic E-state index is 0.0643. The second-order valence-electron chi connectivity index (χ2n) is 4.73. The van der Waals surface area contributed by atoms with E-state index < -0.39 is 12.1 Å². The lowest BCUT2D eigenvalue weighted by atomic mass is 9.85. The molecular formula is C12H16F3N3. The number of alkyl halides is 3. The molecule has 1 saturated carbocycles. The van der Waals surface area contributed by atoms with Crippen LogP contribution in [0.3, 0.4) is 0 Å². The van der Waals surface area contributed by atoms with Crippen molar-refractivity contribution in [3.8, 4) is 0 Å². The molecule has 2 unspecified atom stereocenters. The summed E-state index contributed by atoms with van der Waals surface area (Å²) in [5.41, 5.74) is 0.895. The maximum Gasteiger partial charge on any atom is 0.391 e. The summed E-state index contributed by atoms with van der Waals surface area (Å²) in [7, 11) is 0. The third-order valence-electron chi connectivity index (χ3n) is 3.35. The van der Waals surface area contributed by atoms with Gasteiger partial charge in [-0.3, -0.25) is 0 Å². The van der Waals surface area contributed by atoms with Gasteiger partial charge < -0.3 is 5.32 Å². The molecule has 1 aromatic rings. The van der Waals surface area contributed by atoms with E-state index in [1.807, 2.05) is 0 Å². The Hall–Kier alpha value is -1.17. The number of rotatable bonds is 3. The van der Waals surface area contributed by atoms with Crippen LogP contribution in [0.1, 0.15) is 31.2 Å². The topological polar surface area (TPSA) is 37.8 Å². The zero-order valence-corrected chi connectivity index (χ0v) is 9.95. The average molecular weight is 259 g/mol. The first-order valence-corrected chi connectivity index (χ1v) is 6.09. The van der Waals surface area contributed by atoms with Crippen molar-refractivity contribution in [2.45, 2.75) is 44.4 Å². The van der Waals surface area contributed by atoms with Gasteiger partial charge >= 0.3 is 6.18 Å². The summed E-state index contributed by atoms with van der Waals surface area (Å²) < 4.78 is 37.9. The van der Waals surface area contributed by atoms with Crippen molar-refractivity contribution in [3.63, 3.8) is 0 Å². The van der Waals surface area contributed by atoms with Gasteiger partial charge in [0.1, 0.15) is 6.33 Å². The summed E-state index contributed by atoms with van der Waals surface area (Å²) in [6, 6.07) is -0.0643. The van der Waals surface area contributed by atoms with Crippen LogP contribution in [0.5, 0.6) is 0 Å². The first kappa shape index (κ1) is 13.3. The molecule has 1 aromatic heterocycles. The molecule has 0 radical (unpaired) electrons.